The van der Waals surface area contributed by atoms with Crippen LogP contribution in [0.4, 0.5) is 0 Å². The normalized spacial score (nSPS) is 15.5. The lowest BCUT2D eigenvalue weighted by molar-refractivity contribution is -0.130. The highest BCUT2D eigenvalue weighted by molar-refractivity contribution is 6.00. The van der Waals surface area contributed by atoms with Crippen LogP contribution in [0.15, 0.2) is 66.2 Å². The van der Waals surface area contributed by atoms with Crippen molar-refractivity contribution in [3.05, 3.63) is 82.9 Å². The standard InChI is InChI=1S/C21H16O2/c1-14-6-8-15(9-7-14)12-17-13-19-18-5-3-2-4-16(18)10-11-20(19)23-21(17)22/h2-12H,13H2,1H3/b17-12+. The SMILES string of the molecule is Cc1ccc(/C=C2\Cc3c(ccc4ccccc34)OC2=O)cc1. The highest BCUT2D eigenvalue weighted by Gasteiger charge is 2.23. The Hall–Kier alpha value is -2.87. The van der Waals surface area contributed by atoms with Crippen LogP contribution < -0.4 is 4.74 Å². The summed E-state index contributed by atoms with van der Waals surface area (Å²) in [4.78, 5) is 12.3. The molecule has 0 aliphatic carbocycles. The molecule has 0 atom stereocenters. The van der Waals surface area contributed by atoms with E-state index in [2.05, 4.69) is 12.1 Å². The maximum Gasteiger partial charge on any atom is 0.339 e. The molecule has 1 aliphatic heterocycles. The Morgan fingerprint density at radius 3 is 2.57 bits per heavy atom. The predicted molar refractivity (Wildman–Crippen MR) is 92.4 cm³/mol. The van der Waals surface area contributed by atoms with E-state index in [-0.39, 0.29) is 5.97 Å². The maximum absolute atomic E-state index is 12.3. The fourth-order valence-electron chi connectivity index (χ4n) is 3.00. The summed E-state index contributed by atoms with van der Waals surface area (Å²) in [5.74, 6) is 0.420. The van der Waals surface area contributed by atoms with Gasteiger partial charge in [0.1, 0.15) is 5.75 Å². The van der Waals surface area contributed by atoms with Crippen LogP contribution >= 0.6 is 0 Å². The minimum Gasteiger partial charge on any atom is -0.423 e. The Balaban J connectivity index is 1.80. The largest absolute Gasteiger partial charge is 0.423 e. The van der Waals surface area contributed by atoms with E-state index in [4.69, 9.17) is 4.74 Å². The lowest BCUT2D eigenvalue weighted by Crippen LogP contribution is -2.19. The van der Waals surface area contributed by atoms with Crippen molar-refractivity contribution >= 4 is 22.8 Å². The molecule has 2 nitrogen and oxygen atoms in total. The number of hydrogen-bond donors (Lipinski definition) is 0. The summed E-state index contributed by atoms with van der Waals surface area (Å²) in [5.41, 5.74) is 4.00. The Kier molecular flexibility index (Phi) is 3.23. The fourth-order valence-corrected chi connectivity index (χ4v) is 3.00. The van der Waals surface area contributed by atoms with Crippen LogP contribution in [-0.4, -0.2) is 5.97 Å². The van der Waals surface area contributed by atoms with Crippen molar-refractivity contribution in [2.24, 2.45) is 0 Å². The van der Waals surface area contributed by atoms with E-state index in [0.29, 0.717) is 17.7 Å². The molecule has 0 saturated heterocycles. The van der Waals surface area contributed by atoms with E-state index in [9.17, 15) is 4.79 Å². The predicted octanol–water partition coefficient (Wildman–Crippen LogP) is 4.69. The molecule has 0 amide bonds. The molecule has 0 bridgehead atoms. The zero-order chi connectivity index (χ0) is 15.8. The Labute approximate surface area is 135 Å². The van der Waals surface area contributed by atoms with Crippen LogP contribution in [0.1, 0.15) is 16.7 Å². The van der Waals surface area contributed by atoms with Crippen LogP contribution in [0.5, 0.6) is 5.75 Å². The highest BCUT2D eigenvalue weighted by atomic mass is 16.5. The Morgan fingerprint density at radius 1 is 0.957 bits per heavy atom. The van der Waals surface area contributed by atoms with E-state index in [1.807, 2.05) is 61.5 Å². The van der Waals surface area contributed by atoms with Gasteiger partial charge in [0.25, 0.3) is 0 Å². The van der Waals surface area contributed by atoms with Gasteiger partial charge in [-0.25, -0.2) is 4.79 Å². The number of carbonyl (C=O) groups excluding carboxylic acids is 1. The zero-order valence-electron chi connectivity index (χ0n) is 12.9. The lowest BCUT2D eigenvalue weighted by atomic mass is 9.94. The molecule has 3 aromatic rings. The second-order valence-corrected chi connectivity index (χ2v) is 5.91. The summed E-state index contributed by atoms with van der Waals surface area (Å²) in [6.07, 6.45) is 2.52. The van der Waals surface area contributed by atoms with Crippen LogP contribution in [0.3, 0.4) is 0 Å². The molecular formula is C21H16O2. The summed E-state index contributed by atoms with van der Waals surface area (Å²) >= 11 is 0. The van der Waals surface area contributed by atoms with Crippen LogP contribution in [0, 0.1) is 6.92 Å². The number of benzene rings is 3. The minimum absolute atomic E-state index is 0.256. The first-order valence-electron chi connectivity index (χ1n) is 7.71. The van der Waals surface area contributed by atoms with E-state index in [1.165, 1.54) is 10.9 Å². The number of rotatable bonds is 1. The summed E-state index contributed by atoms with van der Waals surface area (Å²) in [5, 5.41) is 2.31. The van der Waals surface area contributed by atoms with Crippen molar-refractivity contribution in [1.29, 1.82) is 0 Å². The summed E-state index contributed by atoms with van der Waals surface area (Å²) in [6, 6.07) is 20.2. The first-order chi connectivity index (χ1) is 11.2. The van der Waals surface area contributed by atoms with Gasteiger partial charge in [0.2, 0.25) is 0 Å². The molecule has 0 radical (unpaired) electrons. The molecule has 1 aliphatic rings. The van der Waals surface area contributed by atoms with Gasteiger partial charge in [0.15, 0.2) is 0 Å². The van der Waals surface area contributed by atoms with Crippen molar-refractivity contribution in [1.82, 2.24) is 0 Å². The fraction of sp³-hybridized carbons (Fsp3) is 0.0952. The lowest BCUT2D eigenvalue weighted by Gasteiger charge is -2.20. The molecule has 0 spiro atoms. The summed E-state index contributed by atoms with van der Waals surface area (Å²) < 4.78 is 5.54. The molecule has 3 aromatic carbocycles. The van der Waals surface area contributed by atoms with Crippen molar-refractivity contribution in [3.63, 3.8) is 0 Å². The minimum atomic E-state index is -0.256. The highest BCUT2D eigenvalue weighted by Crippen LogP contribution is 2.34. The van der Waals surface area contributed by atoms with Gasteiger partial charge in [-0.05, 0) is 35.4 Å². The number of hydrogen-bond acceptors (Lipinski definition) is 2. The molecule has 4 rings (SSSR count). The molecule has 0 aromatic heterocycles. The number of carbonyl (C=O) groups is 1. The van der Waals surface area contributed by atoms with Gasteiger partial charge in [-0.3, -0.25) is 0 Å². The van der Waals surface area contributed by atoms with Gasteiger partial charge in [0.05, 0.1) is 0 Å². The summed E-state index contributed by atoms with van der Waals surface area (Å²) in [7, 11) is 0. The Morgan fingerprint density at radius 2 is 1.74 bits per heavy atom. The van der Waals surface area contributed by atoms with E-state index < -0.39 is 0 Å². The third-order valence-corrected chi connectivity index (χ3v) is 4.25. The molecule has 0 N–H and O–H groups in total. The van der Waals surface area contributed by atoms with Gasteiger partial charge in [-0.2, -0.15) is 0 Å². The molecule has 0 fully saturated rings. The van der Waals surface area contributed by atoms with Crippen LogP contribution in [0.2, 0.25) is 0 Å². The van der Waals surface area contributed by atoms with E-state index in [0.717, 1.165) is 16.5 Å². The number of fused-ring (bicyclic) bond motifs is 3. The third-order valence-electron chi connectivity index (χ3n) is 4.25. The first kappa shape index (κ1) is 13.8. The quantitative estimate of drug-likeness (QED) is 0.370. The number of aryl methyl sites for hydroxylation is 1. The molecule has 23 heavy (non-hydrogen) atoms. The van der Waals surface area contributed by atoms with Crippen molar-refractivity contribution in [2.75, 3.05) is 0 Å². The third kappa shape index (κ3) is 2.53. The van der Waals surface area contributed by atoms with Crippen molar-refractivity contribution < 1.29 is 9.53 Å². The average Bonchev–Trinajstić information content (AvgIpc) is 2.57. The van der Waals surface area contributed by atoms with Gasteiger partial charge >= 0.3 is 5.97 Å². The Bertz CT molecular complexity index is 934. The molecule has 2 heteroatoms. The van der Waals surface area contributed by atoms with Gasteiger partial charge in [0, 0.05) is 17.6 Å². The van der Waals surface area contributed by atoms with Gasteiger partial charge in [-0.1, -0.05) is 60.2 Å². The molecule has 0 saturated carbocycles. The zero-order valence-corrected chi connectivity index (χ0v) is 12.9. The number of esters is 1. The van der Waals surface area contributed by atoms with E-state index >= 15 is 0 Å². The molecule has 1 heterocycles. The van der Waals surface area contributed by atoms with Gasteiger partial charge in [-0.15, -0.1) is 0 Å². The second kappa shape index (κ2) is 5.40. The molecule has 112 valence electrons. The van der Waals surface area contributed by atoms with Crippen LogP contribution in [0.25, 0.3) is 16.8 Å². The van der Waals surface area contributed by atoms with Crippen LogP contribution in [-0.2, 0) is 11.2 Å². The average molecular weight is 300 g/mol. The van der Waals surface area contributed by atoms with E-state index in [1.54, 1.807) is 0 Å². The molecular weight excluding hydrogens is 284 g/mol. The monoisotopic (exact) mass is 300 g/mol. The van der Waals surface area contributed by atoms with Crippen molar-refractivity contribution in [2.45, 2.75) is 13.3 Å². The van der Waals surface area contributed by atoms with Gasteiger partial charge < -0.3 is 4.74 Å². The second-order valence-electron chi connectivity index (χ2n) is 5.91. The first-order valence-corrected chi connectivity index (χ1v) is 7.71. The van der Waals surface area contributed by atoms with Crippen molar-refractivity contribution in [3.8, 4) is 5.75 Å². The summed E-state index contributed by atoms with van der Waals surface area (Å²) in [6.45, 7) is 2.05. The maximum atomic E-state index is 12.3. The smallest absolute Gasteiger partial charge is 0.339 e. The molecule has 0 unspecified atom stereocenters. The topological polar surface area (TPSA) is 26.3 Å². The number of ether oxygens (including phenoxy) is 1.